The Labute approximate surface area is 213 Å². The summed E-state index contributed by atoms with van der Waals surface area (Å²) in [4.78, 5) is 35.1. The highest BCUT2D eigenvalue weighted by atomic mass is 35.5. The molecule has 8 nitrogen and oxygen atoms in total. The molecule has 0 aliphatic rings. The van der Waals surface area contributed by atoms with Crippen molar-refractivity contribution in [3.05, 3.63) is 87.7 Å². The Morgan fingerprint density at radius 2 is 1.54 bits per heavy atom. The third kappa shape index (κ3) is 5.67. The molecule has 0 saturated heterocycles. The fourth-order valence-corrected chi connectivity index (χ4v) is 3.73. The molecule has 184 valence electrons. The number of hydroxylamine groups is 2. The average molecular weight is 518 g/mol. The predicted octanol–water partition coefficient (Wildman–Crippen LogP) is 4.57. The van der Waals surface area contributed by atoms with Crippen LogP contribution < -0.4 is 10.1 Å². The van der Waals surface area contributed by atoms with Gasteiger partial charge in [-0.05, 0) is 49.2 Å². The maximum absolute atomic E-state index is 12.9. The van der Waals surface area contributed by atoms with Gasteiger partial charge < -0.3 is 20.0 Å². The van der Waals surface area contributed by atoms with Crippen LogP contribution in [0, 0.1) is 0 Å². The van der Waals surface area contributed by atoms with E-state index in [0.29, 0.717) is 10.0 Å². The summed E-state index contributed by atoms with van der Waals surface area (Å²) in [6.45, 7) is 3.35. The van der Waals surface area contributed by atoms with Gasteiger partial charge in [0, 0.05) is 29.4 Å². The van der Waals surface area contributed by atoms with Crippen molar-refractivity contribution in [1.82, 2.24) is 15.4 Å². The molecule has 3 rings (SSSR count). The van der Waals surface area contributed by atoms with Crippen molar-refractivity contribution in [1.29, 1.82) is 0 Å². The number of ether oxygens (including phenoxy) is 1. The van der Waals surface area contributed by atoms with Crippen LogP contribution in [0.5, 0.6) is 11.5 Å². The molecule has 1 atom stereocenters. The maximum atomic E-state index is 12.9. The number of carbonyl (C=O) groups excluding carboxylic acids is 2. The second-order valence-corrected chi connectivity index (χ2v) is 8.77. The molecular formula is C25H25Cl2N3O5. The Morgan fingerprint density at radius 1 is 1.03 bits per heavy atom. The minimum absolute atomic E-state index is 0.0850. The fraction of sp³-hybridized carbons (Fsp3) is 0.240. The summed E-state index contributed by atoms with van der Waals surface area (Å²) in [6, 6.07) is 14.7. The Kier molecular flexibility index (Phi) is 8.22. The number of rotatable bonds is 8. The van der Waals surface area contributed by atoms with E-state index in [1.807, 2.05) is 31.2 Å². The summed E-state index contributed by atoms with van der Waals surface area (Å²) in [7, 11) is 2.97. The lowest BCUT2D eigenvalue weighted by atomic mass is 9.84. The Hall–Kier alpha value is -3.33. The number of halogens is 2. The standard InChI is InChI=1S/C25H25Cl2N3O5/c1-15(29-23(32)21-22(31)20(34-4)13-14-28-21)24(33)35-30(3)25(2,16-5-9-18(26)10-6-16)17-7-11-19(27)12-8-17/h5-15,31H,1-4H3,(H,29,32). The molecule has 1 amide bonds. The first-order valence-electron chi connectivity index (χ1n) is 10.6. The number of pyridine rings is 1. The number of amides is 1. The van der Waals surface area contributed by atoms with E-state index in [-0.39, 0.29) is 11.4 Å². The summed E-state index contributed by atoms with van der Waals surface area (Å²) in [5.74, 6) is -1.82. The fourth-order valence-electron chi connectivity index (χ4n) is 3.48. The minimum atomic E-state index is -1.06. The zero-order valence-electron chi connectivity index (χ0n) is 19.6. The van der Waals surface area contributed by atoms with E-state index < -0.39 is 29.2 Å². The van der Waals surface area contributed by atoms with Gasteiger partial charge in [-0.2, -0.15) is 0 Å². The molecule has 0 aliphatic carbocycles. The van der Waals surface area contributed by atoms with Gasteiger partial charge in [-0.3, -0.25) is 4.79 Å². The van der Waals surface area contributed by atoms with Crippen molar-refractivity contribution in [3.8, 4) is 11.5 Å². The van der Waals surface area contributed by atoms with Crippen molar-refractivity contribution >= 4 is 35.1 Å². The smallest absolute Gasteiger partial charge is 0.347 e. The van der Waals surface area contributed by atoms with Crippen LogP contribution >= 0.6 is 23.2 Å². The van der Waals surface area contributed by atoms with Gasteiger partial charge in [-0.25, -0.2) is 9.78 Å². The third-order valence-electron chi connectivity index (χ3n) is 5.69. The Morgan fingerprint density at radius 3 is 2.03 bits per heavy atom. The molecule has 1 unspecified atom stereocenters. The third-order valence-corrected chi connectivity index (χ3v) is 6.20. The summed E-state index contributed by atoms with van der Waals surface area (Å²) in [5, 5.41) is 15.2. The van der Waals surface area contributed by atoms with E-state index >= 15 is 0 Å². The van der Waals surface area contributed by atoms with E-state index in [4.69, 9.17) is 32.8 Å². The minimum Gasteiger partial charge on any atom is -0.503 e. The van der Waals surface area contributed by atoms with Crippen LogP contribution in [-0.2, 0) is 15.2 Å². The van der Waals surface area contributed by atoms with Gasteiger partial charge in [0.25, 0.3) is 5.91 Å². The molecule has 2 N–H and O–H groups in total. The first kappa shape index (κ1) is 26.3. The van der Waals surface area contributed by atoms with E-state index in [0.717, 1.165) is 11.1 Å². The van der Waals surface area contributed by atoms with Crippen LogP contribution in [0.25, 0.3) is 0 Å². The van der Waals surface area contributed by atoms with Crippen LogP contribution in [0.2, 0.25) is 10.0 Å². The van der Waals surface area contributed by atoms with Gasteiger partial charge >= 0.3 is 5.97 Å². The van der Waals surface area contributed by atoms with Gasteiger partial charge in [0.05, 0.1) is 7.11 Å². The molecule has 0 fully saturated rings. The number of methoxy groups -OCH3 is 1. The maximum Gasteiger partial charge on any atom is 0.347 e. The Balaban J connectivity index is 1.82. The van der Waals surface area contributed by atoms with E-state index in [1.165, 1.54) is 31.4 Å². The second-order valence-electron chi connectivity index (χ2n) is 7.90. The SMILES string of the molecule is COc1ccnc(C(=O)NC(C)C(=O)ON(C)C(C)(c2ccc(Cl)cc2)c2ccc(Cl)cc2)c1O. The molecule has 0 bridgehead atoms. The van der Waals surface area contributed by atoms with Gasteiger partial charge in [-0.15, -0.1) is 5.06 Å². The highest BCUT2D eigenvalue weighted by Gasteiger charge is 2.37. The highest BCUT2D eigenvalue weighted by molar-refractivity contribution is 6.30. The number of nitrogens with zero attached hydrogens (tertiary/aromatic N) is 2. The first-order chi connectivity index (χ1) is 16.6. The van der Waals surface area contributed by atoms with Crippen molar-refractivity contribution in [2.45, 2.75) is 25.4 Å². The zero-order chi connectivity index (χ0) is 25.8. The summed E-state index contributed by atoms with van der Waals surface area (Å²) in [6.07, 6.45) is 1.31. The highest BCUT2D eigenvalue weighted by Crippen LogP contribution is 2.36. The molecule has 0 saturated carbocycles. The lowest BCUT2D eigenvalue weighted by Gasteiger charge is -2.38. The van der Waals surface area contributed by atoms with Gasteiger partial charge in [0.1, 0.15) is 11.6 Å². The molecule has 2 aromatic carbocycles. The Bertz CT molecular complexity index is 1160. The predicted molar refractivity (Wildman–Crippen MR) is 133 cm³/mol. The zero-order valence-corrected chi connectivity index (χ0v) is 21.1. The van der Waals surface area contributed by atoms with Crippen LogP contribution in [0.15, 0.2) is 60.8 Å². The number of carbonyl (C=O) groups is 2. The summed E-state index contributed by atoms with van der Waals surface area (Å²) >= 11 is 12.2. The number of aromatic nitrogens is 1. The van der Waals surface area contributed by atoms with Gasteiger partial charge in [-0.1, -0.05) is 47.5 Å². The van der Waals surface area contributed by atoms with Gasteiger partial charge in [0.2, 0.25) is 0 Å². The molecule has 1 heterocycles. The first-order valence-corrected chi connectivity index (χ1v) is 11.3. The van der Waals surface area contributed by atoms with Crippen LogP contribution in [0.1, 0.15) is 35.5 Å². The molecule has 0 spiro atoms. The normalized spacial score (nSPS) is 12.2. The number of hydrogen-bond acceptors (Lipinski definition) is 7. The van der Waals surface area contributed by atoms with E-state index in [1.54, 1.807) is 31.3 Å². The molecule has 1 aromatic heterocycles. The largest absolute Gasteiger partial charge is 0.503 e. The lowest BCUT2D eigenvalue weighted by molar-refractivity contribution is -0.207. The van der Waals surface area contributed by atoms with Crippen molar-refractivity contribution in [3.63, 3.8) is 0 Å². The van der Waals surface area contributed by atoms with Crippen LogP contribution in [-0.4, -0.2) is 47.2 Å². The van der Waals surface area contributed by atoms with Crippen molar-refractivity contribution in [2.24, 2.45) is 0 Å². The number of hydrogen-bond donors (Lipinski definition) is 2. The van der Waals surface area contributed by atoms with Crippen LogP contribution in [0.4, 0.5) is 0 Å². The molecule has 0 radical (unpaired) electrons. The number of aromatic hydroxyl groups is 1. The summed E-state index contributed by atoms with van der Waals surface area (Å²) < 4.78 is 4.99. The molecule has 10 heteroatoms. The average Bonchev–Trinajstić information content (AvgIpc) is 2.84. The van der Waals surface area contributed by atoms with Crippen molar-refractivity contribution in [2.75, 3.05) is 14.2 Å². The van der Waals surface area contributed by atoms with E-state index in [9.17, 15) is 14.7 Å². The molecule has 0 aliphatic heterocycles. The number of nitrogens with one attached hydrogen (secondary N) is 1. The molecule has 3 aromatic rings. The lowest BCUT2D eigenvalue weighted by Crippen LogP contribution is -2.47. The monoisotopic (exact) mass is 517 g/mol. The molecular weight excluding hydrogens is 493 g/mol. The van der Waals surface area contributed by atoms with Gasteiger partial charge in [0.15, 0.2) is 17.2 Å². The van der Waals surface area contributed by atoms with Crippen molar-refractivity contribution < 1.29 is 24.3 Å². The second kappa shape index (κ2) is 10.9. The van der Waals surface area contributed by atoms with E-state index in [2.05, 4.69) is 10.3 Å². The topological polar surface area (TPSA) is 101 Å². The summed E-state index contributed by atoms with van der Waals surface area (Å²) in [5.41, 5.74) is 0.425. The number of benzene rings is 2. The van der Waals surface area contributed by atoms with Crippen LogP contribution in [0.3, 0.4) is 0 Å². The quantitative estimate of drug-likeness (QED) is 0.421. The molecule has 35 heavy (non-hydrogen) atoms.